The summed E-state index contributed by atoms with van der Waals surface area (Å²) < 4.78 is 17.7. The number of halogens is 1. The van der Waals surface area contributed by atoms with Gasteiger partial charge in [-0.3, -0.25) is 9.78 Å². The van der Waals surface area contributed by atoms with Crippen LogP contribution >= 0.6 is 11.6 Å². The number of nitrogens with zero attached hydrogens (tertiary/aromatic N) is 4. The molecule has 3 heterocycles. The summed E-state index contributed by atoms with van der Waals surface area (Å²) in [5.41, 5.74) is 1.42. The molecule has 0 bridgehead atoms. The summed E-state index contributed by atoms with van der Waals surface area (Å²) in [7, 11) is 1.59. The van der Waals surface area contributed by atoms with Crippen molar-refractivity contribution in [1.29, 1.82) is 0 Å². The fourth-order valence-corrected chi connectivity index (χ4v) is 4.47. The minimum absolute atomic E-state index is 0.0533. The Hall–Kier alpha value is -4.37. The van der Waals surface area contributed by atoms with Gasteiger partial charge in [-0.2, -0.15) is 0 Å². The van der Waals surface area contributed by atoms with Crippen LogP contribution in [-0.2, 0) is 4.79 Å². The first-order valence-electron chi connectivity index (χ1n) is 12.1. The lowest BCUT2D eigenvalue weighted by atomic mass is 10.1. The molecule has 5 rings (SSSR count). The average molecular weight is 532 g/mol. The first-order chi connectivity index (χ1) is 18.5. The van der Waals surface area contributed by atoms with Crippen molar-refractivity contribution in [3.8, 4) is 23.0 Å². The Labute approximate surface area is 225 Å². The number of carbonyl (C=O) groups is 1. The summed E-state index contributed by atoms with van der Waals surface area (Å²) in [5.74, 6) is 2.80. The molecule has 2 aromatic carbocycles. The lowest BCUT2D eigenvalue weighted by Gasteiger charge is -2.31. The lowest BCUT2D eigenvalue weighted by Crippen LogP contribution is -2.41. The number of aromatic nitrogens is 3. The second-order valence-electron chi connectivity index (χ2n) is 8.65. The van der Waals surface area contributed by atoms with Gasteiger partial charge in [0.1, 0.15) is 29.7 Å². The van der Waals surface area contributed by atoms with E-state index < -0.39 is 0 Å². The number of piperidine rings is 1. The number of anilines is 2. The number of ether oxygens (including phenoxy) is 3. The molecule has 38 heavy (non-hydrogen) atoms. The van der Waals surface area contributed by atoms with Gasteiger partial charge in [0, 0.05) is 49.3 Å². The molecule has 2 aromatic heterocycles. The van der Waals surface area contributed by atoms with E-state index in [-0.39, 0.29) is 12.0 Å². The molecule has 0 radical (unpaired) electrons. The minimum Gasteiger partial charge on any atom is -0.493 e. The van der Waals surface area contributed by atoms with Crippen LogP contribution in [0.25, 0.3) is 10.9 Å². The highest BCUT2D eigenvalue weighted by Gasteiger charge is 2.24. The van der Waals surface area contributed by atoms with Crippen molar-refractivity contribution in [2.75, 3.05) is 25.5 Å². The van der Waals surface area contributed by atoms with E-state index in [4.69, 9.17) is 25.8 Å². The topological polar surface area (TPSA) is 98.7 Å². The predicted octanol–water partition coefficient (Wildman–Crippen LogP) is 5.78. The normalized spacial score (nSPS) is 13.7. The third kappa shape index (κ3) is 5.63. The number of hydrogen-bond donors (Lipinski definition) is 1. The van der Waals surface area contributed by atoms with Gasteiger partial charge >= 0.3 is 0 Å². The number of fused-ring (bicyclic) bond motifs is 1. The van der Waals surface area contributed by atoms with Gasteiger partial charge in [-0.05, 0) is 42.5 Å². The Morgan fingerprint density at radius 1 is 1.13 bits per heavy atom. The SMILES string of the molecule is C=CC(=O)N1CCC(Oc2cc3c(Nc4ccc(Oc5cccnc5)c(Cl)c4)ncnc3cc2OC)CC1. The van der Waals surface area contributed by atoms with Crippen molar-refractivity contribution >= 4 is 39.9 Å². The molecule has 1 aliphatic rings. The van der Waals surface area contributed by atoms with Crippen molar-refractivity contribution in [2.24, 2.45) is 0 Å². The first kappa shape index (κ1) is 25.3. The minimum atomic E-state index is -0.0589. The van der Waals surface area contributed by atoms with E-state index in [0.717, 1.165) is 11.1 Å². The van der Waals surface area contributed by atoms with Crippen LogP contribution in [0.1, 0.15) is 12.8 Å². The molecule has 9 nitrogen and oxygen atoms in total. The zero-order valence-electron chi connectivity index (χ0n) is 20.8. The van der Waals surface area contributed by atoms with Crippen molar-refractivity contribution in [1.82, 2.24) is 19.9 Å². The number of carbonyl (C=O) groups excluding carboxylic acids is 1. The number of pyridine rings is 1. The van der Waals surface area contributed by atoms with E-state index in [1.807, 2.05) is 18.2 Å². The van der Waals surface area contributed by atoms with Crippen LogP contribution in [0.5, 0.6) is 23.0 Å². The van der Waals surface area contributed by atoms with Crippen molar-refractivity contribution < 1.29 is 19.0 Å². The molecule has 194 valence electrons. The number of benzene rings is 2. The maximum absolute atomic E-state index is 11.9. The number of nitrogens with one attached hydrogen (secondary N) is 1. The summed E-state index contributed by atoms with van der Waals surface area (Å²) in [5, 5.41) is 4.51. The van der Waals surface area contributed by atoms with Gasteiger partial charge in [0.15, 0.2) is 11.5 Å². The second-order valence-corrected chi connectivity index (χ2v) is 9.06. The monoisotopic (exact) mass is 531 g/mol. The third-order valence-corrected chi connectivity index (χ3v) is 6.49. The molecule has 1 fully saturated rings. The van der Waals surface area contributed by atoms with E-state index in [2.05, 4.69) is 26.8 Å². The standard InChI is InChI=1S/C28H26ClN5O4/c1-3-27(35)34-11-8-19(9-12-34)37-26-14-21-23(15-25(26)36-2)31-17-32-28(21)33-18-6-7-24(22(29)13-18)38-20-5-4-10-30-16-20/h3-7,10,13-17,19H,1,8-9,11-12H2,2H3,(H,31,32,33). The van der Waals surface area contributed by atoms with Gasteiger partial charge in [0.2, 0.25) is 5.91 Å². The summed E-state index contributed by atoms with van der Waals surface area (Å²) in [4.78, 5) is 26.6. The molecular formula is C28H26ClN5O4. The molecule has 4 aromatic rings. The zero-order valence-corrected chi connectivity index (χ0v) is 21.5. The number of amides is 1. The Morgan fingerprint density at radius 3 is 2.68 bits per heavy atom. The van der Waals surface area contributed by atoms with Gasteiger partial charge in [-0.15, -0.1) is 0 Å². The molecule has 1 saturated heterocycles. The Morgan fingerprint density at radius 2 is 1.97 bits per heavy atom. The second kappa shape index (κ2) is 11.4. The van der Waals surface area contributed by atoms with E-state index in [9.17, 15) is 4.79 Å². The number of hydrogen-bond acceptors (Lipinski definition) is 8. The largest absolute Gasteiger partial charge is 0.493 e. The highest BCUT2D eigenvalue weighted by Crippen LogP contribution is 2.37. The van der Waals surface area contributed by atoms with Crippen LogP contribution in [0.4, 0.5) is 11.5 Å². The van der Waals surface area contributed by atoms with Gasteiger partial charge in [0.25, 0.3) is 0 Å². The summed E-state index contributed by atoms with van der Waals surface area (Å²) in [6.45, 7) is 4.79. The lowest BCUT2D eigenvalue weighted by molar-refractivity contribution is -0.127. The molecule has 1 aliphatic heterocycles. The number of rotatable bonds is 8. The van der Waals surface area contributed by atoms with Gasteiger partial charge in [-0.25, -0.2) is 9.97 Å². The molecule has 0 spiro atoms. The maximum Gasteiger partial charge on any atom is 0.245 e. The van der Waals surface area contributed by atoms with Crippen LogP contribution in [0, 0.1) is 0 Å². The highest BCUT2D eigenvalue weighted by atomic mass is 35.5. The van der Waals surface area contributed by atoms with Crippen LogP contribution in [0.15, 0.2) is 73.8 Å². The maximum atomic E-state index is 11.9. The van der Waals surface area contributed by atoms with Gasteiger partial charge in [-0.1, -0.05) is 18.2 Å². The Bertz CT molecular complexity index is 1460. The first-order valence-corrected chi connectivity index (χ1v) is 12.5. The fraction of sp³-hybridized carbons (Fsp3) is 0.214. The summed E-state index contributed by atoms with van der Waals surface area (Å²) >= 11 is 6.49. The molecule has 1 amide bonds. The third-order valence-electron chi connectivity index (χ3n) is 6.20. The summed E-state index contributed by atoms with van der Waals surface area (Å²) in [6, 6.07) is 12.7. The molecule has 0 saturated carbocycles. The van der Waals surface area contributed by atoms with Gasteiger partial charge in [0.05, 0.1) is 23.8 Å². The highest BCUT2D eigenvalue weighted by molar-refractivity contribution is 6.32. The molecule has 10 heteroatoms. The Balaban J connectivity index is 1.36. The smallest absolute Gasteiger partial charge is 0.245 e. The summed E-state index contributed by atoms with van der Waals surface area (Å²) in [6.07, 6.45) is 7.49. The molecule has 1 N–H and O–H groups in total. The molecule has 0 unspecified atom stereocenters. The van der Waals surface area contributed by atoms with Gasteiger partial charge < -0.3 is 24.4 Å². The van der Waals surface area contributed by atoms with E-state index in [0.29, 0.717) is 65.3 Å². The van der Waals surface area contributed by atoms with Crippen LogP contribution < -0.4 is 19.5 Å². The number of likely N-dealkylation sites (tertiary alicyclic amines) is 1. The molecule has 0 atom stereocenters. The predicted molar refractivity (Wildman–Crippen MR) is 146 cm³/mol. The molecule has 0 aliphatic carbocycles. The average Bonchev–Trinajstić information content (AvgIpc) is 2.95. The van der Waals surface area contributed by atoms with E-state index >= 15 is 0 Å². The fourth-order valence-electron chi connectivity index (χ4n) is 4.25. The van der Waals surface area contributed by atoms with E-state index in [1.54, 1.807) is 48.7 Å². The van der Waals surface area contributed by atoms with Crippen molar-refractivity contribution in [3.63, 3.8) is 0 Å². The quantitative estimate of drug-likeness (QED) is 0.286. The van der Waals surface area contributed by atoms with Crippen molar-refractivity contribution in [2.45, 2.75) is 18.9 Å². The van der Waals surface area contributed by atoms with Crippen LogP contribution in [0.3, 0.4) is 0 Å². The van der Waals surface area contributed by atoms with Crippen LogP contribution in [-0.4, -0.2) is 52.1 Å². The van der Waals surface area contributed by atoms with Crippen molar-refractivity contribution in [3.05, 3.63) is 78.9 Å². The Kier molecular flexibility index (Phi) is 7.55. The van der Waals surface area contributed by atoms with E-state index in [1.165, 1.54) is 12.4 Å². The number of methoxy groups -OCH3 is 1. The zero-order chi connectivity index (χ0) is 26.5. The molecular weight excluding hydrogens is 506 g/mol. The van der Waals surface area contributed by atoms with Crippen LogP contribution in [0.2, 0.25) is 5.02 Å².